The third-order valence-corrected chi connectivity index (χ3v) is 7.28. The van der Waals surface area contributed by atoms with Crippen molar-refractivity contribution < 1.29 is 14.6 Å². The van der Waals surface area contributed by atoms with Gasteiger partial charge in [0.15, 0.2) is 0 Å². The highest BCUT2D eigenvalue weighted by Gasteiger charge is 2.25. The van der Waals surface area contributed by atoms with Crippen molar-refractivity contribution >= 4 is 23.4 Å². The van der Waals surface area contributed by atoms with Crippen LogP contribution in [0.4, 0.5) is 5.69 Å². The van der Waals surface area contributed by atoms with Crippen molar-refractivity contribution in [2.45, 2.75) is 46.2 Å². The van der Waals surface area contributed by atoms with Crippen molar-refractivity contribution in [2.75, 3.05) is 51.3 Å². The highest BCUT2D eigenvalue weighted by molar-refractivity contribution is 6.09. The number of aliphatic hydroxyl groups is 1. The Balaban J connectivity index is 1.82. The van der Waals surface area contributed by atoms with Gasteiger partial charge in [0.05, 0.1) is 12.6 Å². The predicted octanol–water partition coefficient (Wildman–Crippen LogP) is 3.99. The number of piperazine rings is 1. The van der Waals surface area contributed by atoms with Gasteiger partial charge in [0, 0.05) is 67.5 Å². The Bertz CT molecular complexity index is 1130. The zero-order chi connectivity index (χ0) is 27.7. The van der Waals surface area contributed by atoms with Crippen LogP contribution in [0, 0.1) is 12.3 Å². The Morgan fingerprint density at radius 1 is 1.21 bits per heavy atom. The van der Waals surface area contributed by atoms with Gasteiger partial charge >= 0.3 is 0 Å². The summed E-state index contributed by atoms with van der Waals surface area (Å²) in [5.74, 6) is 0.458. The molecule has 1 amide bonds. The van der Waals surface area contributed by atoms with Crippen molar-refractivity contribution in [3.05, 3.63) is 64.9 Å². The molecule has 0 aromatic heterocycles. The number of allylic oxidation sites excluding steroid dienone is 1. The molecule has 0 radical (unpaired) electrons. The van der Waals surface area contributed by atoms with Gasteiger partial charge in [-0.2, -0.15) is 0 Å². The number of carbonyl (C=O) groups excluding carboxylic acids is 1. The van der Waals surface area contributed by atoms with Crippen LogP contribution in [-0.4, -0.2) is 74.6 Å². The first kappa shape index (κ1) is 29.2. The summed E-state index contributed by atoms with van der Waals surface area (Å²) in [5.41, 5.74) is 4.95. The highest BCUT2D eigenvalue weighted by Crippen LogP contribution is 2.29. The highest BCUT2D eigenvalue weighted by atomic mass is 16.5. The monoisotopic (exact) mass is 521 g/mol. The minimum absolute atomic E-state index is 0.102. The SMILES string of the molecule is CC[C@@H]1CN(c2ccc(C)c(C(=O)N[C@H](C)c3ccc(OCCO)c(/C(C=N)=C/NC)c3)c2)CCN1CC. The summed E-state index contributed by atoms with van der Waals surface area (Å²) in [4.78, 5) is 18.4. The molecule has 0 spiro atoms. The Hall–Kier alpha value is -3.36. The van der Waals surface area contributed by atoms with Gasteiger partial charge in [-0.1, -0.05) is 26.0 Å². The summed E-state index contributed by atoms with van der Waals surface area (Å²) in [5, 5.41) is 23.1. The number of benzene rings is 2. The summed E-state index contributed by atoms with van der Waals surface area (Å²) in [6, 6.07) is 12.1. The number of amides is 1. The molecular weight excluding hydrogens is 478 g/mol. The molecule has 8 heteroatoms. The third kappa shape index (κ3) is 6.94. The number of carbonyl (C=O) groups is 1. The van der Waals surface area contributed by atoms with Gasteiger partial charge in [0.2, 0.25) is 0 Å². The average Bonchev–Trinajstić information content (AvgIpc) is 2.94. The second-order valence-corrected chi connectivity index (χ2v) is 9.69. The molecule has 0 aliphatic carbocycles. The van der Waals surface area contributed by atoms with E-state index in [1.54, 1.807) is 13.2 Å². The molecule has 2 atom stereocenters. The molecule has 1 heterocycles. The Kier molecular flexibility index (Phi) is 10.7. The van der Waals surface area contributed by atoms with E-state index in [0.29, 0.717) is 22.9 Å². The Morgan fingerprint density at radius 2 is 2.00 bits per heavy atom. The lowest BCUT2D eigenvalue weighted by Gasteiger charge is -2.42. The van der Waals surface area contributed by atoms with Gasteiger partial charge in [0.1, 0.15) is 12.4 Å². The number of nitrogens with one attached hydrogen (secondary N) is 3. The van der Waals surface area contributed by atoms with Gasteiger partial charge in [-0.3, -0.25) is 9.69 Å². The molecule has 206 valence electrons. The molecule has 0 unspecified atom stereocenters. The zero-order valence-corrected chi connectivity index (χ0v) is 23.4. The molecule has 1 saturated heterocycles. The topological polar surface area (TPSA) is 101 Å². The Morgan fingerprint density at radius 3 is 2.66 bits per heavy atom. The van der Waals surface area contributed by atoms with Crippen molar-refractivity contribution in [3.63, 3.8) is 0 Å². The van der Waals surface area contributed by atoms with Gasteiger partial charge < -0.3 is 30.8 Å². The van der Waals surface area contributed by atoms with Crippen molar-refractivity contribution in [1.29, 1.82) is 5.41 Å². The van der Waals surface area contributed by atoms with E-state index in [1.165, 1.54) is 6.21 Å². The number of aliphatic hydroxyl groups excluding tert-OH is 1. The number of rotatable bonds is 12. The molecule has 4 N–H and O–H groups in total. The summed E-state index contributed by atoms with van der Waals surface area (Å²) < 4.78 is 5.70. The fraction of sp³-hybridized carbons (Fsp3) is 0.467. The van der Waals surface area contributed by atoms with E-state index < -0.39 is 0 Å². The first-order valence-corrected chi connectivity index (χ1v) is 13.5. The first-order valence-electron chi connectivity index (χ1n) is 13.5. The second-order valence-electron chi connectivity index (χ2n) is 9.69. The minimum atomic E-state index is -0.268. The number of anilines is 1. The van der Waals surface area contributed by atoms with Crippen LogP contribution in [0.15, 0.2) is 42.6 Å². The van der Waals surface area contributed by atoms with Crippen molar-refractivity contribution in [3.8, 4) is 5.75 Å². The zero-order valence-electron chi connectivity index (χ0n) is 23.4. The van der Waals surface area contributed by atoms with E-state index in [2.05, 4.69) is 40.3 Å². The van der Waals surface area contributed by atoms with Gasteiger partial charge in [0.25, 0.3) is 5.91 Å². The maximum absolute atomic E-state index is 13.4. The van der Waals surface area contributed by atoms with Crippen molar-refractivity contribution in [1.82, 2.24) is 15.5 Å². The standard InChI is InChI=1S/C30H43N5O3/c1-6-25-20-35(13-12-34(25)7-2)26-10-8-21(3)27(17-26)30(37)33-22(4)23-9-11-29(38-15-14-36)28(16-23)24(18-31)19-32-5/h8-11,16-19,22,25,31-32,36H,6-7,12-15,20H2,1-5H3,(H,33,37)/b24-19+,31-18?/t22-,25-/m1/s1. The minimum Gasteiger partial charge on any atom is -0.491 e. The predicted molar refractivity (Wildman–Crippen MR) is 155 cm³/mol. The number of likely N-dealkylation sites (N-methyl/N-ethyl adjacent to an activating group) is 1. The third-order valence-electron chi connectivity index (χ3n) is 7.28. The van der Waals surface area contributed by atoms with E-state index in [-0.39, 0.29) is 25.2 Å². The van der Waals surface area contributed by atoms with E-state index >= 15 is 0 Å². The molecule has 3 rings (SSSR count). The maximum Gasteiger partial charge on any atom is 0.252 e. The molecule has 0 bridgehead atoms. The van der Waals surface area contributed by atoms with E-state index in [0.717, 1.165) is 55.0 Å². The largest absolute Gasteiger partial charge is 0.491 e. The quantitative estimate of drug-likeness (QED) is 0.315. The maximum atomic E-state index is 13.4. The van der Waals surface area contributed by atoms with E-state index in [1.807, 2.05) is 44.2 Å². The molecule has 1 fully saturated rings. The molecular formula is C30H43N5O3. The molecule has 0 saturated carbocycles. The van der Waals surface area contributed by atoms with Crippen LogP contribution in [0.3, 0.4) is 0 Å². The summed E-state index contributed by atoms with van der Waals surface area (Å²) in [7, 11) is 1.77. The lowest BCUT2D eigenvalue weighted by Crippen LogP contribution is -2.52. The summed E-state index contributed by atoms with van der Waals surface area (Å²) >= 11 is 0. The lowest BCUT2D eigenvalue weighted by atomic mass is 9.99. The van der Waals surface area contributed by atoms with E-state index in [4.69, 9.17) is 10.1 Å². The number of hydrogen-bond donors (Lipinski definition) is 4. The van der Waals surface area contributed by atoms with Gasteiger partial charge in [-0.05, 0) is 62.2 Å². The summed E-state index contributed by atoms with van der Waals surface area (Å²) in [6.45, 7) is 12.4. The van der Waals surface area contributed by atoms with E-state index in [9.17, 15) is 9.90 Å². The van der Waals surface area contributed by atoms with Crippen LogP contribution in [0.25, 0.3) is 5.57 Å². The fourth-order valence-corrected chi connectivity index (χ4v) is 5.02. The van der Waals surface area contributed by atoms with Crippen LogP contribution in [0.2, 0.25) is 0 Å². The lowest BCUT2D eigenvalue weighted by molar-refractivity contribution is 0.0939. The molecule has 8 nitrogen and oxygen atoms in total. The number of aryl methyl sites for hydroxylation is 1. The number of nitrogens with zero attached hydrogens (tertiary/aromatic N) is 2. The second kappa shape index (κ2) is 14.0. The van der Waals surface area contributed by atoms with Crippen LogP contribution >= 0.6 is 0 Å². The first-order chi connectivity index (χ1) is 18.4. The number of hydrogen-bond acceptors (Lipinski definition) is 7. The van der Waals surface area contributed by atoms with Crippen LogP contribution < -0.4 is 20.3 Å². The normalized spacial score (nSPS) is 17.2. The van der Waals surface area contributed by atoms with Crippen molar-refractivity contribution in [2.24, 2.45) is 0 Å². The fourth-order valence-electron chi connectivity index (χ4n) is 5.02. The van der Waals surface area contributed by atoms with Crippen LogP contribution in [-0.2, 0) is 0 Å². The summed E-state index contributed by atoms with van der Waals surface area (Å²) in [6.07, 6.45) is 4.08. The van der Waals surface area contributed by atoms with Gasteiger partial charge in [-0.25, -0.2) is 0 Å². The molecule has 1 aliphatic rings. The number of ether oxygens (including phenoxy) is 1. The molecule has 1 aliphatic heterocycles. The van der Waals surface area contributed by atoms with Crippen LogP contribution in [0.5, 0.6) is 5.75 Å². The molecule has 2 aromatic carbocycles. The van der Waals surface area contributed by atoms with Gasteiger partial charge in [-0.15, -0.1) is 0 Å². The molecule has 38 heavy (non-hydrogen) atoms. The molecule has 2 aromatic rings. The average molecular weight is 522 g/mol. The van der Waals surface area contributed by atoms with Crippen LogP contribution in [0.1, 0.15) is 60.3 Å². The smallest absolute Gasteiger partial charge is 0.252 e. The Labute approximate surface area is 227 Å².